The minimum atomic E-state index is 0.0250. The summed E-state index contributed by atoms with van der Waals surface area (Å²) in [4.78, 5) is 13.6. The van der Waals surface area contributed by atoms with E-state index in [9.17, 15) is 4.79 Å². The van der Waals surface area contributed by atoms with Gasteiger partial charge in [0, 0.05) is 25.7 Å². The van der Waals surface area contributed by atoms with E-state index in [0.29, 0.717) is 25.2 Å². The van der Waals surface area contributed by atoms with Gasteiger partial charge in [0.15, 0.2) is 0 Å². The highest BCUT2D eigenvalue weighted by molar-refractivity contribution is 5.94. The second-order valence-corrected chi connectivity index (χ2v) is 3.77. The van der Waals surface area contributed by atoms with Gasteiger partial charge in [-0.25, -0.2) is 0 Å². The van der Waals surface area contributed by atoms with Crippen LogP contribution in [0.15, 0.2) is 24.3 Å². The molecule has 1 aromatic carbocycles. The molecule has 0 fully saturated rings. The molecule has 1 rings (SSSR count). The minimum absolute atomic E-state index is 0.0250. The fraction of sp³-hybridized carbons (Fsp3) is 0.417. The Kier molecular flexibility index (Phi) is 4.95. The molecule has 0 aliphatic heterocycles. The number of nitrogens with two attached hydrogens (primary N) is 2. The molecule has 0 radical (unpaired) electrons. The molecule has 0 atom stereocenters. The van der Waals surface area contributed by atoms with Gasteiger partial charge in [-0.1, -0.05) is 12.1 Å². The van der Waals surface area contributed by atoms with Crippen LogP contribution in [0.4, 0.5) is 0 Å². The summed E-state index contributed by atoms with van der Waals surface area (Å²) in [7, 11) is 1.79. The Morgan fingerprint density at radius 3 is 2.38 bits per heavy atom. The van der Waals surface area contributed by atoms with E-state index in [1.807, 2.05) is 24.3 Å². The Morgan fingerprint density at radius 1 is 1.25 bits per heavy atom. The van der Waals surface area contributed by atoms with Gasteiger partial charge in [-0.15, -0.1) is 0 Å². The van der Waals surface area contributed by atoms with Crippen LogP contribution in [0, 0.1) is 0 Å². The average molecular weight is 221 g/mol. The summed E-state index contributed by atoms with van der Waals surface area (Å²) >= 11 is 0. The maximum Gasteiger partial charge on any atom is 0.253 e. The Bertz CT molecular complexity index is 335. The number of hydrogen-bond donors (Lipinski definition) is 2. The van der Waals surface area contributed by atoms with Crippen molar-refractivity contribution in [2.24, 2.45) is 11.5 Å². The van der Waals surface area contributed by atoms with Crippen molar-refractivity contribution in [3.63, 3.8) is 0 Å². The fourth-order valence-corrected chi connectivity index (χ4v) is 1.43. The van der Waals surface area contributed by atoms with Crippen molar-refractivity contribution in [1.82, 2.24) is 4.90 Å². The van der Waals surface area contributed by atoms with Gasteiger partial charge in [0.05, 0.1) is 0 Å². The van der Waals surface area contributed by atoms with Gasteiger partial charge in [-0.05, 0) is 30.7 Å². The molecule has 0 heterocycles. The third-order valence-corrected chi connectivity index (χ3v) is 2.48. The van der Waals surface area contributed by atoms with E-state index in [1.165, 1.54) is 0 Å². The number of carbonyl (C=O) groups is 1. The topological polar surface area (TPSA) is 72.3 Å². The molecule has 16 heavy (non-hydrogen) atoms. The van der Waals surface area contributed by atoms with Gasteiger partial charge in [0.1, 0.15) is 0 Å². The lowest BCUT2D eigenvalue weighted by Crippen LogP contribution is -2.28. The standard InChI is InChI=1S/C12H19N3O/c1-15(8-2-7-13)12(16)11-5-3-10(9-14)4-6-11/h3-6H,2,7-9,13-14H2,1H3. The summed E-state index contributed by atoms with van der Waals surface area (Å²) < 4.78 is 0. The molecule has 0 aromatic heterocycles. The molecule has 88 valence electrons. The molecule has 0 unspecified atom stereocenters. The third-order valence-electron chi connectivity index (χ3n) is 2.48. The van der Waals surface area contributed by atoms with Crippen molar-refractivity contribution in [1.29, 1.82) is 0 Å². The van der Waals surface area contributed by atoms with Crippen LogP contribution in [0.5, 0.6) is 0 Å². The van der Waals surface area contributed by atoms with E-state index in [2.05, 4.69) is 0 Å². The van der Waals surface area contributed by atoms with Gasteiger partial charge in [-0.3, -0.25) is 4.79 Å². The number of carbonyl (C=O) groups excluding carboxylic acids is 1. The second-order valence-electron chi connectivity index (χ2n) is 3.77. The average Bonchev–Trinajstić information content (AvgIpc) is 2.35. The zero-order valence-electron chi connectivity index (χ0n) is 9.65. The summed E-state index contributed by atoms with van der Waals surface area (Å²) in [6, 6.07) is 7.38. The van der Waals surface area contributed by atoms with Crippen LogP contribution in [0.2, 0.25) is 0 Å². The normalized spacial score (nSPS) is 10.2. The van der Waals surface area contributed by atoms with E-state index in [-0.39, 0.29) is 5.91 Å². The Labute approximate surface area is 96.2 Å². The third kappa shape index (κ3) is 3.32. The molecule has 0 aliphatic carbocycles. The van der Waals surface area contributed by atoms with Gasteiger partial charge < -0.3 is 16.4 Å². The van der Waals surface area contributed by atoms with Crippen LogP contribution in [-0.2, 0) is 6.54 Å². The quantitative estimate of drug-likeness (QED) is 0.763. The summed E-state index contributed by atoms with van der Waals surface area (Å²) in [6.07, 6.45) is 0.823. The van der Waals surface area contributed by atoms with Crippen LogP contribution in [0.1, 0.15) is 22.3 Å². The first kappa shape index (κ1) is 12.7. The van der Waals surface area contributed by atoms with E-state index >= 15 is 0 Å². The molecule has 4 N–H and O–H groups in total. The molecule has 0 bridgehead atoms. The number of rotatable bonds is 5. The highest BCUT2D eigenvalue weighted by Gasteiger charge is 2.10. The van der Waals surface area contributed by atoms with E-state index in [1.54, 1.807) is 11.9 Å². The van der Waals surface area contributed by atoms with Gasteiger partial charge in [0.25, 0.3) is 5.91 Å². The van der Waals surface area contributed by atoms with Crippen molar-refractivity contribution in [3.8, 4) is 0 Å². The molecule has 0 spiro atoms. The monoisotopic (exact) mass is 221 g/mol. The van der Waals surface area contributed by atoms with Crippen LogP contribution in [-0.4, -0.2) is 30.9 Å². The summed E-state index contributed by atoms with van der Waals surface area (Å²) in [5.74, 6) is 0.0250. The van der Waals surface area contributed by atoms with E-state index < -0.39 is 0 Å². The highest BCUT2D eigenvalue weighted by atomic mass is 16.2. The van der Waals surface area contributed by atoms with Crippen LogP contribution in [0.3, 0.4) is 0 Å². The SMILES string of the molecule is CN(CCCN)C(=O)c1ccc(CN)cc1. The minimum Gasteiger partial charge on any atom is -0.342 e. The van der Waals surface area contributed by atoms with Crippen LogP contribution >= 0.6 is 0 Å². The van der Waals surface area contributed by atoms with Crippen LogP contribution in [0.25, 0.3) is 0 Å². The van der Waals surface area contributed by atoms with E-state index in [4.69, 9.17) is 11.5 Å². The molecule has 4 heteroatoms. The maximum absolute atomic E-state index is 11.9. The molecule has 0 aliphatic rings. The van der Waals surface area contributed by atoms with Crippen molar-refractivity contribution < 1.29 is 4.79 Å². The molecule has 0 saturated carbocycles. The van der Waals surface area contributed by atoms with Crippen molar-refractivity contribution in [3.05, 3.63) is 35.4 Å². The Hall–Kier alpha value is -1.39. The lowest BCUT2D eigenvalue weighted by molar-refractivity contribution is 0.0794. The zero-order chi connectivity index (χ0) is 12.0. The molecule has 1 aromatic rings. The largest absolute Gasteiger partial charge is 0.342 e. The number of amides is 1. The van der Waals surface area contributed by atoms with E-state index in [0.717, 1.165) is 12.0 Å². The molecule has 4 nitrogen and oxygen atoms in total. The predicted molar refractivity (Wildman–Crippen MR) is 65.0 cm³/mol. The van der Waals surface area contributed by atoms with Crippen LogP contribution < -0.4 is 11.5 Å². The second kappa shape index (κ2) is 6.25. The summed E-state index contributed by atoms with van der Waals surface area (Å²) in [5, 5.41) is 0. The lowest BCUT2D eigenvalue weighted by Gasteiger charge is -2.16. The van der Waals surface area contributed by atoms with Gasteiger partial charge in [0.2, 0.25) is 0 Å². The van der Waals surface area contributed by atoms with Crippen molar-refractivity contribution >= 4 is 5.91 Å². The number of hydrogen-bond acceptors (Lipinski definition) is 3. The Morgan fingerprint density at radius 2 is 1.88 bits per heavy atom. The smallest absolute Gasteiger partial charge is 0.253 e. The zero-order valence-corrected chi connectivity index (χ0v) is 9.65. The van der Waals surface area contributed by atoms with Gasteiger partial charge >= 0.3 is 0 Å². The summed E-state index contributed by atoms with van der Waals surface area (Å²) in [6.45, 7) is 1.79. The fourth-order valence-electron chi connectivity index (χ4n) is 1.43. The van der Waals surface area contributed by atoms with Crippen molar-refractivity contribution in [2.75, 3.05) is 20.1 Å². The maximum atomic E-state index is 11.9. The number of nitrogens with zero attached hydrogens (tertiary/aromatic N) is 1. The first-order valence-electron chi connectivity index (χ1n) is 5.43. The molecular formula is C12H19N3O. The predicted octanol–water partition coefficient (Wildman–Crippen LogP) is 0.566. The van der Waals surface area contributed by atoms with Gasteiger partial charge in [-0.2, -0.15) is 0 Å². The first-order valence-corrected chi connectivity index (χ1v) is 5.43. The molecule has 1 amide bonds. The lowest BCUT2D eigenvalue weighted by atomic mass is 10.1. The summed E-state index contributed by atoms with van der Waals surface area (Å²) in [5.41, 5.74) is 12.6. The highest BCUT2D eigenvalue weighted by Crippen LogP contribution is 2.06. The first-order chi connectivity index (χ1) is 7.69. The molecular weight excluding hydrogens is 202 g/mol. The molecule has 0 saturated heterocycles. The Balaban J connectivity index is 2.64. The van der Waals surface area contributed by atoms with Crippen molar-refractivity contribution in [2.45, 2.75) is 13.0 Å². The number of benzene rings is 1.